The van der Waals surface area contributed by atoms with Gasteiger partial charge in [0.05, 0.1) is 0 Å². The van der Waals surface area contributed by atoms with Crippen molar-refractivity contribution in [1.29, 1.82) is 0 Å². The first-order valence-corrected chi connectivity index (χ1v) is 22.4. The number of benzene rings is 3. The van der Waals surface area contributed by atoms with Crippen molar-refractivity contribution >= 4 is 33.0 Å². The van der Waals surface area contributed by atoms with Gasteiger partial charge in [-0.1, -0.05) is 0 Å². The molecule has 0 atom stereocenters. The number of rotatable bonds is 6. The van der Waals surface area contributed by atoms with Gasteiger partial charge in [-0.15, -0.1) is 0 Å². The molecule has 2 heteroatoms. The van der Waals surface area contributed by atoms with Gasteiger partial charge in [0.25, 0.3) is 0 Å². The van der Waals surface area contributed by atoms with Crippen molar-refractivity contribution in [3.63, 3.8) is 0 Å². The van der Waals surface area contributed by atoms with Gasteiger partial charge < -0.3 is 0 Å². The molecule has 0 saturated carbocycles. The average Bonchev–Trinajstić information content (AvgIpc) is 2.57. The molecule has 0 aliphatic heterocycles. The van der Waals surface area contributed by atoms with E-state index in [1.54, 1.807) is 0 Å². The normalized spacial score (nSPS) is 11.3. The quantitative estimate of drug-likeness (QED) is 0.289. The van der Waals surface area contributed by atoms with Gasteiger partial charge in [0.15, 0.2) is 0 Å². The summed E-state index contributed by atoms with van der Waals surface area (Å²) in [6, 6.07) is 33.1. The molecule has 0 N–H and O–H groups in total. The Morgan fingerprint density at radius 2 is 0.739 bits per heavy atom. The van der Waals surface area contributed by atoms with Crippen molar-refractivity contribution in [2.24, 2.45) is 0 Å². The van der Waals surface area contributed by atoms with Crippen LogP contribution in [0.1, 0.15) is 16.7 Å². The van der Waals surface area contributed by atoms with Gasteiger partial charge in [-0.3, -0.25) is 0 Å². The third-order valence-corrected chi connectivity index (χ3v) is 20.7. The van der Waals surface area contributed by atoms with Gasteiger partial charge >= 0.3 is 154 Å². The van der Waals surface area contributed by atoms with Crippen LogP contribution in [-0.2, 0) is 13.3 Å². The second kappa shape index (κ2) is 8.34. The molecule has 0 saturated heterocycles. The van der Waals surface area contributed by atoms with E-state index in [0.717, 1.165) is 0 Å². The summed E-state index contributed by atoms with van der Waals surface area (Å²) in [4.78, 5) is 0. The molecule has 3 aromatic carbocycles. The Morgan fingerprint density at radius 1 is 0.478 bits per heavy atom. The monoisotopic (exact) mass is 520 g/mol. The summed E-state index contributed by atoms with van der Waals surface area (Å²) in [5, 5.41) is 0. The Balaban J connectivity index is 1.85. The Bertz CT molecular complexity index is 609. The van der Waals surface area contributed by atoms with Crippen LogP contribution in [0.25, 0.3) is 0 Å². The molecule has 3 aromatic rings. The second-order valence-corrected chi connectivity index (χ2v) is 31.1. The first-order chi connectivity index (χ1) is 11.2. The Morgan fingerprint density at radius 3 is 1.00 bits per heavy atom. The molecule has 0 nitrogen and oxygen atoms in total. The number of hydrogen-bond donors (Lipinski definition) is 0. The standard InChI is InChI=1S/3C7H7.HI.Sn/c3*1-7-5-3-2-4-6-7;;/h3*2-6H,1H2;1H;/q;;;;+1/p-1. The fraction of sp³-hybridized carbons (Fsp3) is 0.143. The summed E-state index contributed by atoms with van der Waals surface area (Å²) in [6.45, 7) is 0. The van der Waals surface area contributed by atoms with E-state index in [9.17, 15) is 0 Å². The van der Waals surface area contributed by atoms with E-state index < -0.39 is 14.4 Å². The summed E-state index contributed by atoms with van der Waals surface area (Å²) in [7, 11) is 0. The summed E-state index contributed by atoms with van der Waals surface area (Å²) < 4.78 is 3.87. The molecule has 0 aromatic heterocycles. The maximum absolute atomic E-state index is 2.90. The van der Waals surface area contributed by atoms with Crippen molar-refractivity contribution in [3.05, 3.63) is 108 Å². The Kier molecular flexibility index (Phi) is 6.17. The topological polar surface area (TPSA) is 0 Å². The van der Waals surface area contributed by atoms with Gasteiger partial charge in [0.1, 0.15) is 0 Å². The third-order valence-electron chi connectivity index (χ3n) is 4.09. The van der Waals surface area contributed by atoms with Crippen LogP contribution in [-0.4, -0.2) is 14.4 Å². The molecule has 0 aliphatic rings. The number of halogens is 1. The van der Waals surface area contributed by atoms with Crippen LogP contribution in [0.3, 0.4) is 0 Å². The first kappa shape index (κ1) is 17.0. The molecule has 0 spiro atoms. The van der Waals surface area contributed by atoms with Gasteiger partial charge in [-0.2, -0.15) is 0 Å². The van der Waals surface area contributed by atoms with E-state index in [-0.39, 0.29) is 0 Å². The third kappa shape index (κ3) is 5.35. The van der Waals surface area contributed by atoms with Gasteiger partial charge in [-0.05, 0) is 0 Å². The van der Waals surface area contributed by atoms with Crippen LogP contribution < -0.4 is 0 Å². The molecule has 0 bridgehead atoms. The first-order valence-electron chi connectivity index (χ1n) is 8.04. The predicted octanol–water partition coefficient (Wildman–Crippen LogP) is 5.71. The van der Waals surface area contributed by atoms with Crippen molar-refractivity contribution < 1.29 is 0 Å². The van der Waals surface area contributed by atoms with Crippen LogP contribution in [0.2, 0.25) is 0 Å². The van der Waals surface area contributed by atoms with E-state index in [1.165, 1.54) is 30.0 Å². The van der Waals surface area contributed by atoms with Crippen LogP contribution in [0.4, 0.5) is 0 Å². The van der Waals surface area contributed by atoms with Crippen molar-refractivity contribution in [2.75, 3.05) is 0 Å². The molecule has 3 rings (SSSR count). The van der Waals surface area contributed by atoms with Crippen LogP contribution >= 0.6 is 18.6 Å². The molecule has 0 fully saturated rings. The van der Waals surface area contributed by atoms with Crippen LogP contribution in [0.15, 0.2) is 91.0 Å². The molecule has 0 aliphatic carbocycles. The molecular formula is C21H21ISn. The zero-order chi connectivity index (χ0) is 16.0. The summed E-state index contributed by atoms with van der Waals surface area (Å²) in [5.74, 6) is 0. The molecule has 0 radical (unpaired) electrons. The zero-order valence-electron chi connectivity index (χ0n) is 13.2. The van der Waals surface area contributed by atoms with Crippen molar-refractivity contribution in [1.82, 2.24) is 0 Å². The minimum absolute atomic E-state index is 1.29. The van der Waals surface area contributed by atoms with E-state index in [2.05, 4.69) is 110 Å². The Labute approximate surface area is 153 Å². The molecule has 116 valence electrons. The zero-order valence-corrected chi connectivity index (χ0v) is 18.2. The summed E-state index contributed by atoms with van der Waals surface area (Å²) >= 11 is 0.531. The van der Waals surface area contributed by atoms with E-state index in [1.807, 2.05) is 0 Å². The van der Waals surface area contributed by atoms with Crippen molar-refractivity contribution in [2.45, 2.75) is 13.3 Å². The van der Waals surface area contributed by atoms with E-state index in [4.69, 9.17) is 0 Å². The van der Waals surface area contributed by atoms with E-state index in [0.29, 0.717) is 0 Å². The van der Waals surface area contributed by atoms with Gasteiger partial charge in [-0.25, -0.2) is 0 Å². The summed E-state index contributed by atoms with van der Waals surface area (Å²) in [5.41, 5.74) is 4.51. The summed E-state index contributed by atoms with van der Waals surface area (Å²) in [6.07, 6.45) is 0. The van der Waals surface area contributed by atoms with Crippen molar-refractivity contribution in [3.8, 4) is 0 Å². The average molecular weight is 519 g/mol. The minimum atomic E-state index is -2.36. The second-order valence-electron chi connectivity index (χ2n) is 6.14. The number of hydrogen-bond acceptors (Lipinski definition) is 0. The molecule has 23 heavy (non-hydrogen) atoms. The maximum atomic E-state index is 2.90. The van der Waals surface area contributed by atoms with Crippen LogP contribution in [0, 0.1) is 0 Å². The van der Waals surface area contributed by atoms with Crippen LogP contribution in [0.5, 0.6) is 0 Å². The molecule has 0 heterocycles. The Hall–Kier alpha value is -0.811. The molecule has 0 unspecified atom stereocenters. The van der Waals surface area contributed by atoms with E-state index >= 15 is 0 Å². The van der Waals surface area contributed by atoms with Gasteiger partial charge in [0, 0.05) is 0 Å². The molecule has 0 amide bonds. The van der Waals surface area contributed by atoms with Gasteiger partial charge in [0.2, 0.25) is 0 Å². The molecular weight excluding hydrogens is 498 g/mol. The fourth-order valence-corrected chi connectivity index (χ4v) is 21.3. The fourth-order valence-electron chi connectivity index (χ4n) is 3.07. The SMILES string of the molecule is [I][Sn]([CH2]c1ccccc1)([CH2]c1ccccc1)[CH2]c1ccccc1. The predicted molar refractivity (Wildman–Crippen MR) is 110 cm³/mol.